The van der Waals surface area contributed by atoms with E-state index in [9.17, 15) is 8.42 Å². The third-order valence-electron chi connectivity index (χ3n) is 2.90. The number of nitrogens with one attached hydrogen (secondary N) is 1. The molecule has 0 radical (unpaired) electrons. The van der Waals surface area contributed by atoms with Crippen molar-refractivity contribution in [2.24, 2.45) is 0 Å². The van der Waals surface area contributed by atoms with E-state index >= 15 is 0 Å². The number of hydrogen-bond acceptors (Lipinski definition) is 3. The first kappa shape index (κ1) is 15.0. The molecule has 1 heterocycles. The van der Waals surface area contributed by atoms with Gasteiger partial charge in [0.15, 0.2) is 0 Å². The van der Waals surface area contributed by atoms with Crippen LogP contribution in [0.1, 0.15) is 16.7 Å². The molecule has 0 fully saturated rings. The lowest BCUT2D eigenvalue weighted by Crippen LogP contribution is -2.15. The Morgan fingerprint density at radius 3 is 2.20 bits per heavy atom. The lowest BCUT2D eigenvalue weighted by atomic mass is 10.1. The monoisotopic (exact) mass is 354 g/mol. The van der Waals surface area contributed by atoms with Gasteiger partial charge in [-0.3, -0.25) is 9.71 Å². The first-order valence-corrected chi connectivity index (χ1v) is 8.28. The maximum absolute atomic E-state index is 12.4. The highest BCUT2D eigenvalue weighted by Crippen LogP contribution is 2.25. The summed E-state index contributed by atoms with van der Waals surface area (Å²) in [5.41, 5.74) is 3.52. The second kappa shape index (κ2) is 5.54. The summed E-state index contributed by atoms with van der Waals surface area (Å²) in [4.78, 5) is 4.02. The molecule has 20 heavy (non-hydrogen) atoms. The average molecular weight is 355 g/mol. The molecule has 0 amide bonds. The molecule has 6 heteroatoms. The molecule has 1 N–H and O–H groups in total. The minimum Gasteiger partial charge on any atom is -0.279 e. The van der Waals surface area contributed by atoms with Crippen molar-refractivity contribution in [2.75, 3.05) is 4.72 Å². The molecule has 0 aliphatic carbocycles. The maximum atomic E-state index is 12.4. The highest BCUT2D eigenvalue weighted by Gasteiger charge is 2.17. The van der Waals surface area contributed by atoms with E-state index in [1.54, 1.807) is 6.20 Å². The van der Waals surface area contributed by atoms with Crippen LogP contribution in [0.4, 0.5) is 5.69 Å². The lowest BCUT2D eigenvalue weighted by molar-refractivity contribution is 0.600. The number of aryl methyl sites for hydroxylation is 3. The number of hydrogen-bond donors (Lipinski definition) is 1. The van der Waals surface area contributed by atoms with Gasteiger partial charge in [-0.15, -0.1) is 0 Å². The van der Waals surface area contributed by atoms with Gasteiger partial charge in [0.25, 0.3) is 10.0 Å². The van der Waals surface area contributed by atoms with Gasteiger partial charge in [-0.25, -0.2) is 8.42 Å². The Morgan fingerprint density at radius 2 is 1.65 bits per heavy atom. The van der Waals surface area contributed by atoms with E-state index in [2.05, 4.69) is 25.6 Å². The predicted octanol–water partition coefficient (Wildman–Crippen LogP) is 3.57. The molecule has 1 aromatic carbocycles. The van der Waals surface area contributed by atoms with E-state index in [0.29, 0.717) is 10.2 Å². The fourth-order valence-corrected chi connectivity index (χ4v) is 3.78. The summed E-state index contributed by atoms with van der Waals surface area (Å²) in [6, 6.07) is 5.42. The Kier molecular flexibility index (Phi) is 4.15. The molecule has 0 saturated heterocycles. The predicted molar refractivity (Wildman–Crippen MR) is 83.4 cm³/mol. The van der Waals surface area contributed by atoms with Gasteiger partial charge in [-0.05, 0) is 53.9 Å². The van der Waals surface area contributed by atoms with Gasteiger partial charge in [0, 0.05) is 16.9 Å². The smallest absolute Gasteiger partial charge is 0.263 e. The summed E-state index contributed by atoms with van der Waals surface area (Å²) in [6.07, 6.45) is 2.87. The first-order valence-electron chi connectivity index (χ1n) is 6.01. The van der Waals surface area contributed by atoms with Crippen LogP contribution in [-0.2, 0) is 10.0 Å². The van der Waals surface area contributed by atoms with Crippen LogP contribution >= 0.6 is 15.9 Å². The van der Waals surface area contributed by atoms with E-state index in [1.165, 1.54) is 12.3 Å². The van der Waals surface area contributed by atoms with Gasteiger partial charge in [0.2, 0.25) is 0 Å². The van der Waals surface area contributed by atoms with Gasteiger partial charge in [-0.1, -0.05) is 17.7 Å². The SMILES string of the molecule is Cc1cc(C)c(NS(=O)(=O)c2cncc(Br)c2)c(C)c1. The van der Waals surface area contributed by atoms with Crippen LogP contribution in [0.3, 0.4) is 0 Å². The van der Waals surface area contributed by atoms with Crippen LogP contribution in [0, 0.1) is 20.8 Å². The van der Waals surface area contributed by atoms with Crippen molar-refractivity contribution in [1.29, 1.82) is 0 Å². The van der Waals surface area contributed by atoms with Gasteiger partial charge in [0.05, 0.1) is 5.69 Å². The minimum atomic E-state index is -3.64. The summed E-state index contributed by atoms with van der Waals surface area (Å²) >= 11 is 3.22. The fourth-order valence-electron chi connectivity index (χ4n) is 2.07. The zero-order chi connectivity index (χ0) is 14.9. The molecule has 0 saturated carbocycles. The number of nitrogens with zero attached hydrogens (tertiary/aromatic N) is 1. The summed E-state index contributed by atoms with van der Waals surface area (Å²) in [7, 11) is -3.64. The zero-order valence-electron chi connectivity index (χ0n) is 11.4. The van der Waals surface area contributed by atoms with E-state index in [0.717, 1.165) is 16.7 Å². The Balaban J connectivity index is 2.44. The van der Waals surface area contributed by atoms with Crippen molar-refractivity contribution in [3.8, 4) is 0 Å². The molecule has 106 valence electrons. The third kappa shape index (κ3) is 3.19. The molecule has 2 aromatic rings. The number of pyridine rings is 1. The Labute approximate surface area is 127 Å². The molecule has 0 aliphatic rings. The van der Waals surface area contributed by atoms with Crippen molar-refractivity contribution in [2.45, 2.75) is 25.7 Å². The topological polar surface area (TPSA) is 59.1 Å². The molecular formula is C14H15BrN2O2S. The first-order chi connectivity index (χ1) is 9.29. The molecule has 4 nitrogen and oxygen atoms in total. The van der Waals surface area contributed by atoms with E-state index in [1.807, 2.05) is 32.9 Å². The lowest BCUT2D eigenvalue weighted by Gasteiger charge is -2.14. The molecule has 0 spiro atoms. The van der Waals surface area contributed by atoms with E-state index < -0.39 is 10.0 Å². The Morgan fingerprint density at radius 1 is 1.05 bits per heavy atom. The Bertz CT molecular complexity index is 735. The molecular weight excluding hydrogens is 340 g/mol. The van der Waals surface area contributed by atoms with Crippen molar-refractivity contribution in [3.63, 3.8) is 0 Å². The molecule has 0 bridgehead atoms. The quantitative estimate of drug-likeness (QED) is 0.916. The van der Waals surface area contributed by atoms with Crippen LogP contribution < -0.4 is 4.72 Å². The average Bonchev–Trinajstić information content (AvgIpc) is 2.34. The summed E-state index contributed by atoms with van der Waals surface area (Å²) in [5, 5.41) is 0. The van der Waals surface area contributed by atoms with E-state index in [-0.39, 0.29) is 4.90 Å². The summed E-state index contributed by atoms with van der Waals surface area (Å²) in [5.74, 6) is 0. The second-order valence-electron chi connectivity index (χ2n) is 4.72. The van der Waals surface area contributed by atoms with Crippen LogP contribution in [0.2, 0.25) is 0 Å². The van der Waals surface area contributed by atoms with E-state index in [4.69, 9.17) is 0 Å². The number of anilines is 1. The van der Waals surface area contributed by atoms with Crippen LogP contribution in [-0.4, -0.2) is 13.4 Å². The number of aromatic nitrogens is 1. The highest BCUT2D eigenvalue weighted by atomic mass is 79.9. The number of benzene rings is 1. The van der Waals surface area contributed by atoms with Gasteiger partial charge in [-0.2, -0.15) is 0 Å². The standard InChI is InChI=1S/C14H15BrN2O2S/c1-9-4-10(2)14(11(3)5-9)17-20(18,19)13-6-12(15)7-16-8-13/h4-8,17H,1-3H3. The second-order valence-corrected chi connectivity index (χ2v) is 7.32. The van der Waals surface area contributed by atoms with Gasteiger partial charge < -0.3 is 0 Å². The zero-order valence-corrected chi connectivity index (χ0v) is 13.8. The minimum absolute atomic E-state index is 0.131. The molecule has 0 aliphatic heterocycles. The van der Waals surface area contributed by atoms with Crippen LogP contribution in [0.15, 0.2) is 40.0 Å². The number of halogens is 1. The van der Waals surface area contributed by atoms with Crippen molar-refractivity contribution >= 4 is 31.6 Å². The molecule has 1 aromatic heterocycles. The maximum Gasteiger partial charge on any atom is 0.263 e. The van der Waals surface area contributed by atoms with Gasteiger partial charge in [0.1, 0.15) is 4.90 Å². The number of sulfonamides is 1. The van der Waals surface area contributed by atoms with Gasteiger partial charge >= 0.3 is 0 Å². The summed E-state index contributed by atoms with van der Waals surface area (Å²) < 4.78 is 28.0. The van der Waals surface area contributed by atoms with Crippen molar-refractivity contribution in [3.05, 3.63) is 51.8 Å². The van der Waals surface area contributed by atoms with Crippen molar-refractivity contribution < 1.29 is 8.42 Å². The number of rotatable bonds is 3. The normalized spacial score (nSPS) is 11.4. The highest BCUT2D eigenvalue weighted by molar-refractivity contribution is 9.10. The Hall–Kier alpha value is -1.40. The molecule has 0 atom stereocenters. The van der Waals surface area contributed by atoms with Crippen LogP contribution in [0.25, 0.3) is 0 Å². The van der Waals surface area contributed by atoms with Crippen LogP contribution in [0.5, 0.6) is 0 Å². The summed E-state index contributed by atoms with van der Waals surface area (Å²) in [6.45, 7) is 5.75. The fraction of sp³-hybridized carbons (Fsp3) is 0.214. The third-order valence-corrected chi connectivity index (χ3v) is 4.65. The van der Waals surface area contributed by atoms with Crippen molar-refractivity contribution in [1.82, 2.24) is 4.98 Å². The largest absolute Gasteiger partial charge is 0.279 e. The molecule has 2 rings (SSSR count). The molecule has 0 unspecified atom stereocenters.